The molecule has 0 unspecified atom stereocenters. The molecule has 5 heavy (non-hydrogen) atoms. The van der Waals surface area contributed by atoms with Crippen molar-refractivity contribution in [3.8, 4) is 0 Å². The Morgan fingerprint density at radius 2 is 2.80 bits per heavy atom. The topological polar surface area (TPSA) is 26.0 Å². The smallest absolute Gasteiger partial charge is 0.204 e. The molecule has 0 saturated carbocycles. The number of hydrogen-bond acceptors (Lipinski definition) is 2. The van der Waals surface area contributed by atoms with Gasteiger partial charge in [-0.2, -0.15) is 0 Å². The molecule has 25 valence electrons. The normalized spacial score (nSPS) is 8.00. The maximum Gasteiger partial charge on any atom is 0.204 e. The van der Waals surface area contributed by atoms with E-state index in [9.17, 15) is 0 Å². The van der Waals surface area contributed by atoms with Gasteiger partial charge in [0.15, 0.2) is 0 Å². The lowest BCUT2D eigenvalue weighted by Crippen LogP contribution is -1.39. The van der Waals surface area contributed by atoms with Crippen LogP contribution in [0, 0.1) is 6.26 Å². The van der Waals surface area contributed by atoms with Gasteiger partial charge < -0.3 is 4.52 Å². The minimum Gasteiger partial charge on any atom is -0.353 e. The summed E-state index contributed by atoms with van der Waals surface area (Å²) in [5, 5.41) is 3.29. The van der Waals surface area contributed by atoms with Crippen molar-refractivity contribution in [2.24, 2.45) is 0 Å². The zero-order valence-electron chi connectivity index (χ0n) is 2.51. The largest absolute Gasteiger partial charge is 0.353 e. The number of rotatable bonds is 0. The van der Waals surface area contributed by atoms with E-state index in [1.807, 2.05) is 0 Å². The molecule has 1 radical (unpaired) electrons. The van der Waals surface area contributed by atoms with Gasteiger partial charge in [-0.1, -0.05) is 5.16 Å². The van der Waals surface area contributed by atoms with Crippen LogP contribution in [0.2, 0.25) is 0 Å². The van der Waals surface area contributed by atoms with Crippen molar-refractivity contribution >= 4 is 0 Å². The van der Waals surface area contributed by atoms with Crippen LogP contribution in [0.1, 0.15) is 0 Å². The van der Waals surface area contributed by atoms with E-state index in [0.717, 1.165) is 0 Å². The Kier molecular flexibility index (Phi) is 0.433. The van der Waals surface area contributed by atoms with Gasteiger partial charge in [-0.3, -0.25) is 0 Å². The fourth-order valence-corrected chi connectivity index (χ4v) is 0.152. The molecule has 0 aliphatic heterocycles. The number of hydrogen-bond donors (Lipinski definition) is 0. The first kappa shape index (κ1) is 2.45. The van der Waals surface area contributed by atoms with E-state index in [4.69, 9.17) is 0 Å². The first-order chi connectivity index (χ1) is 2.50. The molecule has 1 heterocycles. The lowest BCUT2D eigenvalue weighted by atomic mass is 10.8. The van der Waals surface area contributed by atoms with E-state index in [2.05, 4.69) is 15.9 Å². The quantitative estimate of drug-likeness (QED) is 0.441. The summed E-state index contributed by atoms with van der Waals surface area (Å²) in [4.78, 5) is 0. The molecule has 0 N–H and O–H groups in total. The van der Waals surface area contributed by atoms with E-state index in [1.165, 1.54) is 6.20 Å². The molecular formula is C3H2NO. The molecule has 1 aromatic heterocycles. The van der Waals surface area contributed by atoms with E-state index >= 15 is 0 Å². The molecule has 0 atom stereocenters. The number of nitrogens with zero attached hydrogens (tertiary/aromatic N) is 1. The highest BCUT2D eigenvalue weighted by Crippen LogP contribution is 1.70. The Bertz CT molecular complexity index is 63.4. The van der Waals surface area contributed by atoms with Gasteiger partial charge in [-0.25, -0.2) is 0 Å². The van der Waals surface area contributed by atoms with Crippen LogP contribution in [0.3, 0.4) is 0 Å². The molecule has 0 aliphatic carbocycles. The third-order valence-electron chi connectivity index (χ3n) is 0.309. The molecule has 2 nitrogen and oxygen atoms in total. The van der Waals surface area contributed by atoms with Crippen molar-refractivity contribution in [1.29, 1.82) is 0 Å². The van der Waals surface area contributed by atoms with Gasteiger partial charge in [-0.15, -0.1) is 0 Å². The molecule has 0 saturated heterocycles. The maximum absolute atomic E-state index is 4.21. The SMILES string of the molecule is [c]1ccno1. The summed E-state index contributed by atoms with van der Waals surface area (Å²) < 4.78 is 4.21. The van der Waals surface area contributed by atoms with E-state index in [0.29, 0.717) is 0 Å². The van der Waals surface area contributed by atoms with Crippen LogP contribution in [-0.4, -0.2) is 5.16 Å². The molecule has 1 aromatic rings. The fraction of sp³-hybridized carbons (Fsp3) is 0. The predicted molar refractivity (Wildman–Crippen MR) is 15.3 cm³/mol. The van der Waals surface area contributed by atoms with E-state index in [1.54, 1.807) is 6.07 Å². The van der Waals surface area contributed by atoms with Crippen molar-refractivity contribution in [2.75, 3.05) is 0 Å². The van der Waals surface area contributed by atoms with Crippen LogP contribution >= 0.6 is 0 Å². The molecular weight excluding hydrogens is 66.0 g/mol. The van der Waals surface area contributed by atoms with Crippen LogP contribution in [0.5, 0.6) is 0 Å². The summed E-state index contributed by atoms with van der Waals surface area (Å²) in [6.07, 6.45) is 3.90. The summed E-state index contributed by atoms with van der Waals surface area (Å²) in [7, 11) is 0. The van der Waals surface area contributed by atoms with Crippen molar-refractivity contribution < 1.29 is 4.52 Å². The minimum atomic E-state index is 1.53. The minimum absolute atomic E-state index is 1.53. The van der Waals surface area contributed by atoms with Crippen LogP contribution in [-0.2, 0) is 0 Å². The molecule has 2 heteroatoms. The van der Waals surface area contributed by atoms with Gasteiger partial charge in [-0.05, 0) is 0 Å². The molecule has 0 fully saturated rings. The van der Waals surface area contributed by atoms with Gasteiger partial charge in [0.1, 0.15) is 0 Å². The fourth-order valence-electron chi connectivity index (χ4n) is 0.152. The Labute approximate surface area is 29.4 Å². The Balaban J connectivity index is 3.13. The first-order valence-electron chi connectivity index (χ1n) is 1.27. The van der Waals surface area contributed by atoms with Crippen LogP contribution < -0.4 is 0 Å². The van der Waals surface area contributed by atoms with Crippen molar-refractivity contribution in [1.82, 2.24) is 5.16 Å². The summed E-state index contributed by atoms with van der Waals surface area (Å²) in [5.74, 6) is 0. The van der Waals surface area contributed by atoms with Crippen molar-refractivity contribution in [2.45, 2.75) is 0 Å². The highest BCUT2D eigenvalue weighted by atomic mass is 16.5. The Morgan fingerprint density at radius 3 is 3.00 bits per heavy atom. The Morgan fingerprint density at radius 1 is 1.80 bits per heavy atom. The highest BCUT2D eigenvalue weighted by molar-refractivity contribution is 4.65. The molecule has 0 amide bonds. The standard InChI is InChI=1S/C3H2NO/c1-2-4-5-3-1/h1-2H. The van der Waals surface area contributed by atoms with Gasteiger partial charge in [0, 0.05) is 6.07 Å². The summed E-state index contributed by atoms with van der Waals surface area (Å²) >= 11 is 0. The monoisotopic (exact) mass is 68.0 g/mol. The Hall–Kier alpha value is -0.790. The molecule has 0 aromatic carbocycles. The zero-order chi connectivity index (χ0) is 3.54. The first-order valence-corrected chi connectivity index (χ1v) is 1.27. The summed E-state index contributed by atoms with van der Waals surface area (Å²) in [6, 6.07) is 1.60. The predicted octanol–water partition coefficient (Wildman–Crippen LogP) is 0.475. The summed E-state index contributed by atoms with van der Waals surface area (Å²) in [5.41, 5.74) is 0. The molecule has 1 rings (SSSR count). The van der Waals surface area contributed by atoms with Crippen LogP contribution in [0.4, 0.5) is 0 Å². The second-order valence-electron chi connectivity index (χ2n) is 0.630. The molecule has 0 spiro atoms. The zero-order valence-corrected chi connectivity index (χ0v) is 2.51. The highest BCUT2D eigenvalue weighted by Gasteiger charge is 1.62. The van der Waals surface area contributed by atoms with Gasteiger partial charge in [0.05, 0.1) is 6.20 Å². The third kappa shape index (κ3) is 0.265. The van der Waals surface area contributed by atoms with Crippen LogP contribution in [0.25, 0.3) is 0 Å². The van der Waals surface area contributed by atoms with Crippen molar-refractivity contribution in [3.63, 3.8) is 0 Å². The maximum atomic E-state index is 4.21. The summed E-state index contributed by atoms with van der Waals surface area (Å²) in [6.45, 7) is 0. The second kappa shape index (κ2) is 0.885. The van der Waals surface area contributed by atoms with Gasteiger partial charge in [0.25, 0.3) is 0 Å². The second-order valence-corrected chi connectivity index (χ2v) is 0.630. The number of aromatic nitrogens is 1. The lowest BCUT2D eigenvalue weighted by Gasteiger charge is -1.46. The molecule has 0 bridgehead atoms. The van der Waals surface area contributed by atoms with Gasteiger partial charge >= 0.3 is 0 Å². The van der Waals surface area contributed by atoms with E-state index < -0.39 is 0 Å². The average molecular weight is 68.1 g/mol. The van der Waals surface area contributed by atoms with Gasteiger partial charge in [0.2, 0.25) is 6.26 Å². The third-order valence-corrected chi connectivity index (χ3v) is 0.309. The van der Waals surface area contributed by atoms with Crippen molar-refractivity contribution in [3.05, 3.63) is 18.5 Å². The molecule has 0 aliphatic rings. The average Bonchev–Trinajstić information content (AvgIpc) is 1.76. The van der Waals surface area contributed by atoms with E-state index in [-0.39, 0.29) is 0 Å². The van der Waals surface area contributed by atoms with Crippen LogP contribution in [0.15, 0.2) is 16.8 Å². The lowest BCUT2D eigenvalue weighted by molar-refractivity contribution is 0.413.